The fourth-order valence-corrected chi connectivity index (χ4v) is 3.95. The molecule has 20 heavy (non-hydrogen) atoms. The summed E-state index contributed by atoms with van der Waals surface area (Å²) in [6, 6.07) is 6.81. The number of hydrogen-bond acceptors (Lipinski definition) is 4. The molecule has 0 amide bonds. The molecule has 1 aliphatic rings. The van der Waals surface area contributed by atoms with Crippen LogP contribution in [-0.2, 0) is 10.0 Å². The number of rotatable bonds is 6. The summed E-state index contributed by atoms with van der Waals surface area (Å²) < 4.78 is 31.8. The quantitative estimate of drug-likeness (QED) is 0.864. The van der Waals surface area contributed by atoms with Gasteiger partial charge >= 0.3 is 0 Å². The molecule has 0 aromatic heterocycles. The number of ether oxygens (including phenoxy) is 1. The van der Waals surface area contributed by atoms with Crippen LogP contribution in [0.15, 0.2) is 29.2 Å². The first kappa shape index (κ1) is 15.3. The molecule has 2 rings (SSSR count). The van der Waals surface area contributed by atoms with Gasteiger partial charge in [0.25, 0.3) is 0 Å². The SMILES string of the molecule is CCN(CC1CCCN1)S(=O)(=O)c1ccc(OC)cc1. The third-order valence-electron chi connectivity index (χ3n) is 3.64. The molecular formula is C14H22N2O3S. The van der Waals surface area contributed by atoms with Gasteiger partial charge in [-0.15, -0.1) is 0 Å². The third-order valence-corrected chi connectivity index (χ3v) is 5.59. The van der Waals surface area contributed by atoms with Gasteiger partial charge in [0.2, 0.25) is 10.0 Å². The van der Waals surface area contributed by atoms with Crippen LogP contribution in [0.5, 0.6) is 5.75 Å². The number of sulfonamides is 1. The van der Waals surface area contributed by atoms with Crippen LogP contribution in [0.1, 0.15) is 19.8 Å². The van der Waals surface area contributed by atoms with Crippen LogP contribution in [0.25, 0.3) is 0 Å². The highest BCUT2D eigenvalue weighted by Crippen LogP contribution is 2.20. The van der Waals surface area contributed by atoms with E-state index in [4.69, 9.17) is 4.74 Å². The molecule has 5 nitrogen and oxygen atoms in total. The molecule has 6 heteroatoms. The predicted molar refractivity (Wildman–Crippen MR) is 78.5 cm³/mol. The number of nitrogens with one attached hydrogen (secondary N) is 1. The van der Waals surface area contributed by atoms with Crippen molar-refractivity contribution >= 4 is 10.0 Å². The van der Waals surface area contributed by atoms with E-state index in [0.717, 1.165) is 19.4 Å². The molecular weight excluding hydrogens is 276 g/mol. The molecule has 1 heterocycles. The largest absolute Gasteiger partial charge is 0.497 e. The van der Waals surface area contributed by atoms with Gasteiger partial charge in [0.15, 0.2) is 0 Å². The number of benzene rings is 1. The summed E-state index contributed by atoms with van der Waals surface area (Å²) in [7, 11) is -1.86. The summed E-state index contributed by atoms with van der Waals surface area (Å²) in [5, 5.41) is 3.34. The molecule has 1 saturated heterocycles. The Labute approximate surface area is 121 Å². The predicted octanol–water partition coefficient (Wildman–Crippen LogP) is 1.46. The normalized spacial score (nSPS) is 19.4. The van der Waals surface area contributed by atoms with E-state index in [1.54, 1.807) is 31.4 Å². The van der Waals surface area contributed by atoms with Crippen LogP contribution in [0.4, 0.5) is 0 Å². The lowest BCUT2D eigenvalue weighted by molar-refractivity contribution is 0.382. The summed E-state index contributed by atoms with van der Waals surface area (Å²) in [5.74, 6) is 0.657. The highest BCUT2D eigenvalue weighted by atomic mass is 32.2. The van der Waals surface area contributed by atoms with E-state index in [1.165, 1.54) is 4.31 Å². The van der Waals surface area contributed by atoms with Gasteiger partial charge in [0, 0.05) is 19.1 Å². The third kappa shape index (κ3) is 3.31. The molecule has 1 atom stereocenters. The standard InChI is InChI=1S/C14H22N2O3S/c1-3-16(11-12-5-4-10-15-12)20(17,18)14-8-6-13(19-2)7-9-14/h6-9,12,15H,3-5,10-11H2,1-2H3. The zero-order valence-electron chi connectivity index (χ0n) is 12.0. The monoisotopic (exact) mass is 298 g/mol. The molecule has 1 aromatic rings. The van der Waals surface area contributed by atoms with E-state index in [1.807, 2.05) is 6.92 Å². The average molecular weight is 298 g/mol. The molecule has 0 spiro atoms. The Balaban J connectivity index is 2.16. The number of hydrogen-bond donors (Lipinski definition) is 1. The molecule has 0 bridgehead atoms. The Hall–Kier alpha value is -1.11. The van der Waals surface area contributed by atoms with Gasteiger partial charge in [0.1, 0.15) is 5.75 Å². The Morgan fingerprint density at radius 3 is 2.55 bits per heavy atom. The van der Waals surface area contributed by atoms with Gasteiger partial charge in [-0.25, -0.2) is 8.42 Å². The van der Waals surface area contributed by atoms with E-state index in [2.05, 4.69) is 5.32 Å². The van der Waals surface area contributed by atoms with E-state index in [9.17, 15) is 8.42 Å². The van der Waals surface area contributed by atoms with E-state index in [0.29, 0.717) is 23.7 Å². The summed E-state index contributed by atoms with van der Waals surface area (Å²) in [6.45, 7) is 3.86. The number of likely N-dealkylation sites (N-methyl/N-ethyl adjacent to an activating group) is 1. The Morgan fingerprint density at radius 1 is 1.35 bits per heavy atom. The van der Waals surface area contributed by atoms with Gasteiger partial charge in [-0.1, -0.05) is 6.92 Å². The maximum absolute atomic E-state index is 12.6. The maximum atomic E-state index is 12.6. The summed E-state index contributed by atoms with van der Waals surface area (Å²) in [6.07, 6.45) is 2.15. The fraction of sp³-hybridized carbons (Fsp3) is 0.571. The zero-order valence-corrected chi connectivity index (χ0v) is 12.8. The fourth-order valence-electron chi connectivity index (χ4n) is 2.45. The smallest absolute Gasteiger partial charge is 0.243 e. The highest BCUT2D eigenvalue weighted by molar-refractivity contribution is 7.89. The van der Waals surface area contributed by atoms with Gasteiger partial charge in [-0.3, -0.25) is 0 Å². The molecule has 0 saturated carbocycles. The van der Waals surface area contributed by atoms with Gasteiger partial charge in [-0.05, 0) is 43.7 Å². The lowest BCUT2D eigenvalue weighted by Gasteiger charge is -2.24. The minimum Gasteiger partial charge on any atom is -0.497 e. The molecule has 1 aliphatic heterocycles. The summed E-state index contributed by atoms with van der Waals surface area (Å²) >= 11 is 0. The lowest BCUT2D eigenvalue weighted by atomic mass is 10.2. The van der Waals surface area contributed by atoms with E-state index < -0.39 is 10.0 Å². The van der Waals surface area contributed by atoms with Crippen molar-refractivity contribution < 1.29 is 13.2 Å². The topological polar surface area (TPSA) is 58.6 Å². The van der Waals surface area contributed by atoms with Crippen LogP contribution in [0, 0.1) is 0 Å². The minimum absolute atomic E-state index is 0.267. The van der Waals surface area contributed by atoms with Crippen LogP contribution in [0.2, 0.25) is 0 Å². The van der Waals surface area contributed by atoms with Crippen LogP contribution in [-0.4, -0.2) is 45.5 Å². The van der Waals surface area contributed by atoms with Crippen molar-refractivity contribution in [3.63, 3.8) is 0 Å². The molecule has 1 fully saturated rings. The maximum Gasteiger partial charge on any atom is 0.243 e. The minimum atomic E-state index is -3.43. The van der Waals surface area contributed by atoms with Crippen molar-refractivity contribution in [3.05, 3.63) is 24.3 Å². The number of nitrogens with zero attached hydrogens (tertiary/aromatic N) is 1. The van der Waals surface area contributed by atoms with Crippen molar-refractivity contribution in [2.45, 2.75) is 30.7 Å². The first-order valence-electron chi connectivity index (χ1n) is 6.95. The molecule has 0 radical (unpaired) electrons. The molecule has 1 N–H and O–H groups in total. The second-order valence-corrected chi connectivity index (χ2v) is 6.86. The molecule has 0 aliphatic carbocycles. The first-order chi connectivity index (χ1) is 9.57. The summed E-state index contributed by atoms with van der Waals surface area (Å²) in [5.41, 5.74) is 0. The van der Waals surface area contributed by atoms with Crippen molar-refractivity contribution in [3.8, 4) is 5.75 Å². The molecule has 112 valence electrons. The van der Waals surface area contributed by atoms with Crippen molar-refractivity contribution in [2.75, 3.05) is 26.7 Å². The van der Waals surface area contributed by atoms with Crippen LogP contribution in [0.3, 0.4) is 0 Å². The highest BCUT2D eigenvalue weighted by Gasteiger charge is 2.27. The van der Waals surface area contributed by atoms with Gasteiger partial charge in [-0.2, -0.15) is 4.31 Å². The Kier molecular flexibility index (Phi) is 5.01. The van der Waals surface area contributed by atoms with Gasteiger partial charge < -0.3 is 10.1 Å². The second-order valence-electron chi connectivity index (χ2n) is 4.92. The van der Waals surface area contributed by atoms with E-state index in [-0.39, 0.29) is 6.04 Å². The zero-order chi connectivity index (χ0) is 14.6. The average Bonchev–Trinajstić information content (AvgIpc) is 2.97. The molecule has 1 unspecified atom stereocenters. The van der Waals surface area contributed by atoms with Crippen molar-refractivity contribution in [1.82, 2.24) is 9.62 Å². The Bertz CT molecular complexity index is 522. The van der Waals surface area contributed by atoms with Crippen LogP contribution < -0.4 is 10.1 Å². The summed E-state index contributed by atoms with van der Waals surface area (Å²) in [4.78, 5) is 0.318. The van der Waals surface area contributed by atoms with E-state index >= 15 is 0 Å². The van der Waals surface area contributed by atoms with Crippen molar-refractivity contribution in [1.29, 1.82) is 0 Å². The number of methoxy groups -OCH3 is 1. The van der Waals surface area contributed by atoms with Crippen LogP contribution >= 0.6 is 0 Å². The first-order valence-corrected chi connectivity index (χ1v) is 8.39. The lowest BCUT2D eigenvalue weighted by Crippen LogP contribution is -2.40. The Morgan fingerprint density at radius 2 is 2.05 bits per heavy atom. The van der Waals surface area contributed by atoms with Crippen molar-refractivity contribution in [2.24, 2.45) is 0 Å². The molecule has 1 aromatic carbocycles. The van der Waals surface area contributed by atoms with Gasteiger partial charge in [0.05, 0.1) is 12.0 Å². The second kappa shape index (κ2) is 6.56.